The molecule has 3 heterocycles. The largest absolute Gasteiger partial charge is 0.394 e. The topological polar surface area (TPSA) is 90.4 Å². The molecule has 9 heteroatoms. The van der Waals surface area contributed by atoms with Gasteiger partial charge in [-0.05, 0) is 24.3 Å². The molecule has 2 bridgehead atoms. The first-order valence-electron chi connectivity index (χ1n) is 14.2. The van der Waals surface area contributed by atoms with E-state index in [4.69, 9.17) is 4.74 Å². The number of likely N-dealkylation sites (tertiary alicyclic amines) is 1. The maximum atomic E-state index is 14.6. The van der Waals surface area contributed by atoms with Crippen LogP contribution >= 0.6 is 15.9 Å². The van der Waals surface area contributed by atoms with Crippen molar-refractivity contribution in [3.05, 3.63) is 61.2 Å². The molecule has 0 aromatic heterocycles. The lowest BCUT2D eigenvalue weighted by atomic mass is 9.70. The number of amides is 3. The minimum atomic E-state index is -1.18. The summed E-state index contributed by atoms with van der Waals surface area (Å²) in [6, 6.07) is 8.10. The number of aliphatic hydroxyl groups excluding tert-OH is 1. The summed E-state index contributed by atoms with van der Waals surface area (Å²) in [5, 5.41) is 10.5. The highest BCUT2D eigenvalue weighted by Crippen LogP contribution is 2.61. The first-order valence-corrected chi connectivity index (χ1v) is 15.2. The number of nitrogens with zero attached hydrogens (tertiary/aromatic N) is 3. The normalized spacial score (nSPS) is 29.4. The van der Waals surface area contributed by atoms with E-state index < -0.39 is 35.6 Å². The fourth-order valence-corrected chi connectivity index (χ4v) is 7.84. The number of carbonyl (C=O) groups excluding carboxylic acids is 3. The van der Waals surface area contributed by atoms with Gasteiger partial charge in [0.15, 0.2) is 0 Å². The van der Waals surface area contributed by atoms with Crippen molar-refractivity contribution in [2.24, 2.45) is 17.8 Å². The third kappa shape index (κ3) is 5.16. The molecule has 1 spiro atoms. The van der Waals surface area contributed by atoms with Gasteiger partial charge in [-0.25, -0.2) is 0 Å². The van der Waals surface area contributed by atoms with Crippen LogP contribution in [-0.2, 0) is 25.7 Å². The Bertz CT molecular complexity index is 1110. The van der Waals surface area contributed by atoms with Gasteiger partial charge in [0.05, 0.1) is 30.6 Å². The molecular formula is C31H42BrN3O5. The molecule has 40 heavy (non-hydrogen) atoms. The Morgan fingerprint density at radius 2 is 1.82 bits per heavy atom. The molecule has 4 rings (SSSR count). The summed E-state index contributed by atoms with van der Waals surface area (Å²) in [6.07, 6.45) is 4.02. The zero-order valence-electron chi connectivity index (χ0n) is 23.7. The van der Waals surface area contributed by atoms with Crippen LogP contribution in [0.2, 0.25) is 0 Å². The van der Waals surface area contributed by atoms with Gasteiger partial charge in [0.2, 0.25) is 17.7 Å². The van der Waals surface area contributed by atoms with Gasteiger partial charge in [-0.2, -0.15) is 0 Å². The molecule has 3 aliphatic rings. The van der Waals surface area contributed by atoms with Crippen molar-refractivity contribution >= 4 is 33.7 Å². The molecule has 1 aromatic carbocycles. The molecule has 3 saturated heterocycles. The van der Waals surface area contributed by atoms with Crippen LogP contribution < -0.4 is 0 Å². The molecule has 218 valence electrons. The van der Waals surface area contributed by atoms with E-state index in [-0.39, 0.29) is 41.6 Å². The lowest BCUT2D eigenvalue weighted by Gasteiger charge is -2.40. The molecule has 0 radical (unpaired) electrons. The van der Waals surface area contributed by atoms with Crippen molar-refractivity contribution in [2.45, 2.75) is 68.8 Å². The van der Waals surface area contributed by atoms with Gasteiger partial charge in [-0.3, -0.25) is 14.4 Å². The van der Waals surface area contributed by atoms with E-state index in [1.807, 2.05) is 51.1 Å². The van der Waals surface area contributed by atoms with Crippen molar-refractivity contribution in [2.75, 3.05) is 26.2 Å². The van der Waals surface area contributed by atoms with Gasteiger partial charge in [0.25, 0.3) is 0 Å². The second kappa shape index (κ2) is 12.6. The SMILES string of the molecule is C=CCN(Cc1ccccc1)C(=O)C1N([C@@H](CO)C(C)C)C(=O)[C@@H]2[C@H](C(=O)N(CC=C)CCC)[C@H]3OC12CC3Br. The van der Waals surface area contributed by atoms with Gasteiger partial charge in [0, 0.05) is 31.0 Å². The average molecular weight is 617 g/mol. The van der Waals surface area contributed by atoms with Crippen molar-refractivity contribution in [1.82, 2.24) is 14.7 Å². The molecule has 8 nitrogen and oxygen atoms in total. The van der Waals surface area contributed by atoms with Crippen LogP contribution in [0.5, 0.6) is 0 Å². The van der Waals surface area contributed by atoms with E-state index in [9.17, 15) is 19.5 Å². The number of aliphatic hydroxyl groups is 1. The molecule has 0 saturated carbocycles. The zero-order chi connectivity index (χ0) is 29.2. The fraction of sp³-hybridized carbons (Fsp3) is 0.581. The number of ether oxygens (including phenoxy) is 1. The first-order chi connectivity index (χ1) is 19.2. The summed E-state index contributed by atoms with van der Waals surface area (Å²) < 4.78 is 6.69. The average Bonchev–Trinajstić information content (AvgIpc) is 3.52. The number of alkyl halides is 1. The maximum Gasteiger partial charge on any atom is 0.249 e. The highest BCUT2D eigenvalue weighted by Gasteiger charge is 2.77. The van der Waals surface area contributed by atoms with Crippen LogP contribution in [0, 0.1) is 17.8 Å². The second-order valence-corrected chi connectivity index (χ2v) is 12.6. The molecule has 7 atom stereocenters. The Hall–Kier alpha value is -2.49. The smallest absolute Gasteiger partial charge is 0.249 e. The van der Waals surface area contributed by atoms with Gasteiger partial charge < -0.3 is 24.5 Å². The third-order valence-electron chi connectivity index (χ3n) is 8.59. The summed E-state index contributed by atoms with van der Waals surface area (Å²) in [7, 11) is 0. The Kier molecular flexibility index (Phi) is 9.58. The number of rotatable bonds is 13. The molecule has 3 unspecified atom stereocenters. The minimum Gasteiger partial charge on any atom is -0.394 e. The molecular weight excluding hydrogens is 574 g/mol. The van der Waals surface area contributed by atoms with Crippen LogP contribution in [0.1, 0.15) is 39.2 Å². The fourth-order valence-electron chi connectivity index (χ4n) is 6.90. The Balaban J connectivity index is 1.81. The number of carbonyl (C=O) groups is 3. The van der Waals surface area contributed by atoms with Crippen LogP contribution in [0.3, 0.4) is 0 Å². The number of fused-ring (bicyclic) bond motifs is 1. The predicted octanol–water partition coefficient (Wildman–Crippen LogP) is 3.39. The number of hydrogen-bond donors (Lipinski definition) is 1. The quantitative estimate of drug-likeness (QED) is 0.271. The lowest BCUT2D eigenvalue weighted by Crippen LogP contribution is -2.59. The van der Waals surface area contributed by atoms with E-state index in [1.165, 1.54) is 0 Å². The van der Waals surface area contributed by atoms with Gasteiger partial charge in [0.1, 0.15) is 11.6 Å². The monoisotopic (exact) mass is 615 g/mol. The van der Waals surface area contributed by atoms with E-state index in [1.54, 1.807) is 26.9 Å². The van der Waals surface area contributed by atoms with E-state index in [2.05, 4.69) is 29.1 Å². The third-order valence-corrected chi connectivity index (χ3v) is 9.44. The zero-order valence-corrected chi connectivity index (χ0v) is 25.3. The number of benzene rings is 1. The van der Waals surface area contributed by atoms with Crippen molar-refractivity contribution in [3.63, 3.8) is 0 Å². The Morgan fingerprint density at radius 3 is 2.40 bits per heavy atom. The highest BCUT2D eigenvalue weighted by molar-refractivity contribution is 9.09. The van der Waals surface area contributed by atoms with Crippen molar-refractivity contribution in [1.29, 1.82) is 0 Å². The molecule has 0 aliphatic carbocycles. The van der Waals surface area contributed by atoms with Crippen LogP contribution in [0.4, 0.5) is 0 Å². The molecule has 3 amide bonds. The Morgan fingerprint density at radius 1 is 1.18 bits per heavy atom. The summed E-state index contributed by atoms with van der Waals surface area (Å²) >= 11 is 3.75. The summed E-state index contributed by atoms with van der Waals surface area (Å²) in [5.74, 6) is -2.37. The Labute approximate surface area is 246 Å². The molecule has 1 aromatic rings. The van der Waals surface area contributed by atoms with Gasteiger partial charge in [-0.15, -0.1) is 13.2 Å². The first kappa shape index (κ1) is 30.5. The minimum absolute atomic E-state index is 0.120. The standard InChI is InChI=1S/C31H42BrN3O5/c1-6-14-33(15-7-2)28(37)24-25-29(38)35(23(19-36)20(4)5)27(31(25)17-22(32)26(24)40-31)30(39)34(16-8-3)18-21-12-10-9-11-13-21/h6,8-13,20,22-27,36H,1,3,7,14-19H2,2,4-5H3/t22?,23-,24-,25-,26-,27?,31?/m0/s1. The summed E-state index contributed by atoms with van der Waals surface area (Å²) in [4.78, 5) is 47.8. The molecule has 3 aliphatic heterocycles. The van der Waals surface area contributed by atoms with E-state index in [0.29, 0.717) is 26.1 Å². The number of hydrogen-bond acceptors (Lipinski definition) is 5. The van der Waals surface area contributed by atoms with Crippen LogP contribution in [0.25, 0.3) is 0 Å². The predicted molar refractivity (Wildman–Crippen MR) is 157 cm³/mol. The van der Waals surface area contributed by atoms with Crippen molar-refractivity contribution < 1.29 is 24.2 Å². The van der Waals surface area contributed by atoms with E-state index in [0.717, 1.165) is 12.0 Å². The highest BCUT2D eigenvalue weighted by atomic mass is 79.9. The van der Waals surface area contributed by atoms with Crippen molar-refractivity contribution in [3.8, 4) is 0 Å². The molecule has 1 N–H and O–H groups in total. The summed E-state index contributed by atoms with van der Waals surface area (Å²) in [6.45, 7) is 14.8. The van der Waals surface area contributed by atoms with Gasteiger partial charge >= 0.3 is 0 Å². The maximum absolute atomic E-state index is 14.6. The van der Waals surface area contributed by atoms with Crippen LogP contribution in [0.15, 0.2) is 55.6 Å². The van der Waals surface area contributed by atoms with E-state index >= 15 is 0 Å². The van der Waals surface area contributed by atoms with Gasteiger partial charge in [-0.1, -0.05) is 79.2 Å². The summed E-state index contributed by atoms with van der Waals surface area (Å²) in [5.41, 5.74) is -0.231. The van der Waals surface area contributed by atoms with Crippen LogP contribution in [-0.4, -0.2) is 92.4 Å². The lowest BCUT2D eigenvalue weighted by molar-refractivity contribution is -0.153. The molecule has 3 fully saturated rings. The second-order valence-electron chi connectivity index (χ2n) is 11.5. The number of halogens is 1.